The van der Waals surface area contributed by atoms with E-state index in [4.69, 9.17) is 4.42 Å². The zero-order chi connectivity index (χ0) is 9.97. The Hall–Kier alpha value is -1.36. The molecule has 0 radical (unpaired) electrons. The molecule has 0 saturated carbocycles. The summed E-state index contributed by atoms with van der Waals surface area (Å²) in [6.45, 7) is 3.27. The summed E-state index contributed by atoms with van der Waals surface area (Å²) in [5.74, 6) is 0.635. The molecule has 1 fully saturated rings. The van der Waals surface area contributed by atoms with E-state index in [9.17, 15) is 4.79 Å². The van der Waals surface area contributed by atoms with Crippen molar-refractivity contribution in [2.24, 2.45) is 0 Å². The molecule has 1 aliphatic heterocycles. The van der Waals surface area contributed by atoms with Gasteiger partial charge in [0.1, 0.15) is 6.26 Å². The lowest BCUT2D eigenvalue weighted by molar-refractivity contribution is -0.121. The Kier molecular flexibility index (Phi) is 2.49. The van der Waals surface area contributed by atoms with Gasteiger partial charge in [-0.25, -0.2) is 4.98 Å². The van der Waals surface area contributed by atoms with E-state index in [2.05, 4.69) is 15.6 Å². The van der Waals surface area contributed by atoms with Gasteiger partial charge < -0.3 is 15.1 Å². The highest BCUT2D eigenvalue weighted by Gasteiger charge is 2.22. The van der Waals surface area contributed by atoms with Crippen molar-refractivity contribution in [3.8, 4) is 0 Å². The largest absolute Gasteiger partial charge is 0.447 e. The number of nitrogens with one attached hydrogen (secondary N) is 2. The molecular weight excluding hydrogens is 182 g/mol. The van der Waals surface area contributed by atoms with Crippen LogP contribution in [0.1, 0.15) is 24.0 Å². The van der Waals surface area contributed by atoms with Gasteiger partial charge in [-0.05, 0) is 6.92 Å². The molecule has 0 bridgehead atoms. The summed E-state index contributed by atoms with van der Waals surface area (Å²) in [5.41, 5.74) is 0.839. The van der Waals surface area contributed by atoms with Crippen LogP contribution in [-0.2, 0) is 4.79 Å². The van der Waals surface area contributed by atoms with Gasteiger partial charge in [0.2, 0.25) is 11.8 Å². The summed E-state index contributed by atoms with van der Waals surface area (Å²) in [7, 11) is 0. The van der Waals surface area contributed by atoms with Crippen LogP contribution in [0, 0.1) is 6.92 Å². The zero-order valence-corrected chi connectivity index (χ0v) is 8.04. The molecule has 1 saturated heterocycles. The Morgan fingerprint density at radius 3 is 3.14 bits per heavy atom. The van der Waals surface area contributed by atoms with E-state index < -0.39 is 0 Å². The minimum absolute atomic E-state index is 0.0378. The van der Waals surface area contributed by atoms with Gasteiger partial charge in [0.25, 0.3) is 0 Å². The molecule has 1 amide bonds. The van der Waals surface area contributed by atoms with E-state index in [1.54, 1.807) is 6.26 Å². The summed E-state index contributed by atoms with van der Waals surface area (Å²) < 4.78 is 5.25. The highest BCUT2D eigenvalue weighted by atomic mass is 16.3. The lowest BCUT2D eigenvalue weighted by atomic mass is 10.2. The molecule has 1 atom stereocenters. The number of hydrogen-bond acceptors (Lipinski definition) is 4. The molecule has 2 N–H and O–H groups in total. The predicted molar refractivity (Wildman–Crippen MR) is 49.6 cm³/mol. The van der Waals surface area contributed by atoms with Crippen molar-refractivity contribution in [3.63, 3.8) is 0 Å². The summed E-state index contributed by atoms with van der Waals surface area (Å²) in [5, 5.41) is 5.98. The van der Waals surface area contributed by atoms with Crippen LogP contribution in [0.4, 0.5) is 0 Å². The van der Waals surface area contributed by atoms with Crippen LogP contribution in [0.15, 0.2) is 10.7 Å². The number of nitrogens with zero attached hydrogens (tertiary/aromatic N) is 1. The topological polar surface area (TPSA) is 67.2 Å². The van der Waals surface area contributed by atoms with Crippen molar-refractivity contribution >= 4 is 5.91 Å². The third kappa shape index (κ3) is 1.93. The second-order valence-electron chi connectivity index (χ2n) is 3.39. The number of carbonyl (C=O) groups is 1. The fourth-order valence-electron chi connectivity index (χ4n) is 1.48. The molecule has 14 heavy (non-hydrogen) atoms. The average molecular weight is 195 g/mol. The Morgan fingerprint density at radius 2 is 2.43 bits per heavy atom. The van der Waals surface area contributed by atoms with Gasteiger partial charge in [-0.15, -0.1) is 0 Å². The minimum Gasteiger partial charge on any atom is -0.447 e. The molecule has 0 aliphatic carbocycles. The molecule has 0 aromatic carbocycles. The lowest BCUT2D eigenvalue weighted by Crippen LogP contribution is -2.24. The van der Waals surface area contributed by atoms with Crippen LogP contribution >= 0.6 is 0 Å². The summed E-state index contributed by atoms with van der Waals surface area (Å²) in [6.07, 6.45) is 1.99. The monoisotopic (exact) mass is 195 g/mol. The smallest absolute Gasteiger partial charge is 0.222 e. The predicted octanol–water partition coefficient (Wildman–Crippen LogP) is 0.134. The van der Waals surface area contributed by atoms with E-state index in [-0.39, 0.29) is 11.9 Å². The van der Waals surface area contributed by atoms with Gasteiger partial charge in [0.05, 0.1) is 18.2 Å². The maximum Gasteiger partial charge on any atom is 0.222 e. The second kappa shape index (κ2) is 3.79. The molecule has 5 nitrogen and oxygen atoms in total. The van der Waals surface area contributed by atoms with Gasteiger partial charge in [0, 0.05) is 13.1 Å². The van der Waals surface area contributed by atoms with E-state index in [1.165, 1.54) is 0 Å². The number of hydrogen-bond donors (Lipinski definition) is 2. The van der Waals surface area contributed by atoms with E-state index in [1.807, 2.05) is 6.92 Å². The van der Waals surface area contributed by atoms with Crippen molar-refractivity contribution < 1.29 is 9.21 Å². The average Bonchev–Trinajstić information content (AvgIpc) is 2.45. The highest BCUT2D eigenvalue weighted by Crippen LogP contribution is 2.16. The Bertz CT molecular complexity index is 335. The van der Waals surface area contributed by atoms with Gasteiger partial charge in [0.15, 0.2) is 0 Å². The normalized spacial score (nSPS) is 22.9. The fourth-order valence-corrected chi connectivity index (χ4v) is 1.48. The number of carbonyl (C=O) groups excluding carboxylic acids is 1. The number of aryl methyl sites for hydroxylation is 1. The third-order valence-electron chi connectivity index (χ3n) is 2.16. The summed E-state index contributed by atoms with van der Waals surface area (Å²) in [6, 6.07) is -0.0915. The Morgan fingerprint density at radius 1 is 1.57 bits per heavy atom. The number of rotatable bonds is 1. The van der Waals surface area contributed by atoms with Crippen molar-refractivity contribution in [3.05, 3.63) is 17.8 Å². The molecule has 76 valence electrons. The third-order valence-corrected chi connectivity index (χ3v) is 2.16. The first-order valence-electron chi connectivity index (χ1n) is 4.68. The first kappa shape index (κ1) is 9.21. The van der Waals surface area contributed by atoms with Crippen LogP contribution in [0.3, 0.4) is 0 Å². The quantitative estimate of drug-likeness (QED) is 0.668. The molecule has 5 heteroatoms. The summed E-state index contributed by atoms with van der Waals surface area (Å²) in [4.78, 5) is 15.5. The van der Waals surface area contributed by atoms with E-state index >= 15 is 0 Å². The maximum absolute atomic E-state index is 11.3. The fraction of sp³-hybridized carbons (Fsp3) is 0.556. The number of aromatic nitrogens is 1. The standard InChI is InChI=1S/C9H13N3O2/c1-6-5-14-9(12-6)7-4-8(13)11-3-2-10-7/h5,7,10H,2-4H2,1H3,(H,11,13). The zero-order valence-electron chi connectivity index (χ0n) is 8.04. The molecule has 1 aromatic rings. The maximum atomic E-state index is 11.3. The molecule has 0 spiro atoms. The van der Waals surface area contributed by atoms with Gasteiger partial charge in [-0.3, -0.25) is 4.79 Å². The Labute approximate surface area is 81.9 Å². The first-order valence-corrected chi connectivity index (χ1v) is 4.68. The van der Waals surface area contributed by atoms with Crippen LogP contribution in [-0.4, -0.2) is 24.0 Å². The summed E-state index contributed by atoms with van der Waals surface area (Å²) >= 11 is 0. The minimum atomic E-state index is -0.0915. The van der Waals surface area contributed by atoms with Crippen LogP contribution in [0.2, 0.25) is 0 Å². The number of oxazole rings is 1. The van der Waals surface area contributed by atoms with Gasteiger partial charge in [-0.1, -0.05) is 0 Å². The van der Waals surface area contributed by atoms with Crippen molar-refractivity contribution in [1.29, 1.82) is 0 Å². The molecular formula is C9H13N3O2. The molecule has 2 rings (SSSR count). The van der Waals surface area contributed by atoms with Gasteiger partial charge >= 0.3 is 0 Å². The lowest BCUT2D eigenvalue weighted by Gasteiger charge is -2.09. The SMILES string of the molecule is Cc1coc(C2CC(=O)NCCN2)n1. The molecule has 1 aromatic heterocycles. The van der Waals surface area contributed by atoms with Crippen LogP contribution in [0.25, 0.3) is 0 Å². The van der Waals surface area contributed by atoms with Crippen molar-refractivity contribution in [2.45, 2.75) is 19.4 Å². The van der Waals surface area contributed by atoms with Crippen molar-refractivity contribution in [1.82, 2.24) is 15.6 Å². The highest BCUT2D eigenvalue weighted by molar-refractivity contribution is 5.76. The molecule has 1 unspecified atom stereocenters. The van der Waals surface area contributed by atoms with Crippen molar-refractivity contribution in [2.75, 3.05) is 13.1 Å². The van der Waals surface area contributed by atoms with E-state index in [0.717, 1.165) is 12.2 Å². The molecule has 1 aliphatic rings. The first-order chi connectivity index (χ1) is 6.75. The van der Waals surface area contributed by atoms with Crippen LogP contribution < -0.4 is 10.6 Å². The van der Waals surface area contributed by atoms with Gasteiger partial charge in [-0.2, -0.15) is 0 Å². The molecule has 2 heterocycles. The Balaban J connectivity index is 2.12. The van der Waals surface area contributed by atoms with Crippen LogP contribution in [0.5, 0.6) is 0 Å². The number of amides is 1. The van der Waals surface area contributed by atoms with E-state index in [0.29, 0.717) is 18.9 Å². The second-order valence-corrected chi connectivity index (χ2v) is 3.39.